The minimum atomic E-state index is -0.841. The second-order valence-electron chi connectivity index (χ2n) is 5.57. The molecule has 0 spiro atoms. The molecule has 0 unspecified atom stereocenters. The van der Waals surface area contributed by atoms with E-state index < -0.39 is 29.8 Å². The lowest BCUT2D eigenvalue weighted by Crippen LogP contribution is -2.23. The molecule has 0 saturated carbocycles. The summed E-state index contributed by atoms with van der Waals surface area (Å²) in [4.78, 5) is 51.7. The lowest BCUT2D eigenvalue weighted by Gasteiger charge is -2.11. The molecule has 1 aliphatic heterocycles. The highest BCUT2D eigenvalue weighted by atomic mass is 16.5. The van der Waals surface area contributed by atoms with Crippen molar-refractivity contribution in [1.82, 2.24) is 14.8 Å². The third kappa shape index (κ3) is 3.61. The number of hydrogen-bond donors (Lipinski definition) is 2. The second kappa shape index (κ2) is 7.23. The summed E-state index contributed by atoms with van der Waals surface area (Å²) >= 11 is 0. The molecule has 1 aliphatic rings. The molecule has 1 atom stereocenters. The Bertz CT molecular complexity index is 903. The van der Waals surface area contributed by atoms with E-state index >= 15 is 0 Å². The number of fused-ring (bicyclic) bond motifs is 1. The molecule has 0 radical (unpaired) electrons. The highest BCUT2D eigenvalue weighted by Gasteiger charge is 2.33. The number of aromatic nitrogens is 3. The van der Waals surface area contributed by atoms with E-state index in [1.54, 1.807) is 0 Å². The van der Waals surface area contributed by atoms with Crippen LogP contribution >= 0.6 is 0 Å². The van der Waals surface area contributed by atoms with Gasteiger partial charge in [0.1, 0.15) is 12.4 Å². The average Bonchev–Trinajstić information content (AvgIpc) is 3.22. The maximum atomic E-state index is 12.4. The first-order valence-electron chi connectivity index (χ1n) is 7.75. The van der Waals surface area contributed by atoms with Crippen molar-refractivity contribution in [1.29, 1.82) is 0 Å². The molecular formula is C16H15N5O6. The fourth-order valence-corrected chi connectivity index (χ4v) is 2.61. The largest absolute Gasteiger partial charge is 0.465 e. The molecule has 1 aromatic carbocycles. The number of esters is 2. The van der Waals surface area contributed by atoms with E-state index in [4.69, 9.17) is 0 Å². The number of rotatable bonds is 5. The molecule has 0 saturated heterocycles. The van der Waals surface area contributed by atoms with Crippen molar-refractivity contribution in [2.45, 2.75) is 12.5 Å². The van der Waals surface area contributed by atoms with Crippen LogP contribution in [0.25, 0.3) is 0 Å². The van der Waals surface area contributed by atoms with Crippen LogP contribution in [0.1, 0.15) is 33.2 Å². The molecule has 2 aromatic rings. The standard InChI is InChI=1S/C16H15N5O6/c1-26-14(24)8-3-9(15(25)27-2)5-10(4-8)19-12(22)6-11-13(23)20-16-17-7-18-21(11)16/h3-5,7,11H,6H2,1-2H3,(H,19,22)(H,17,18,20,23)/t11-/m0/s1. The van der Waals surface area contributed by atoms with Gasteiger partial charge >= 0.3 is 11.9 Å². The lowest BCUT2D eigenvalue weighted by atomic mass is 10.1. The number of carbonyl (C=O) groups excluding carboxylic acids is 4. The quantitative estimate of drug-likeness (QED) is 0.716. The minimum Gasteiger partial charge on any atom is -0.465 e. The summed E-state index contributed by atoms with van der Waals surface area (Å²) in [5, 5.41) is 8.97. The molecule has 2 heterocycles. The molecule has 27 heavy (non-hydrogen) atoms. The molecule has 0 aliphatic carbocycles. The van der Waals surface area contributed by atoms with Crippen LogP contribution in [0.5, 0.6) is 0 Å². The molecule has 2 amide bonds. The Hall–Kier alpha value is -3.76. The summed E-state index contributed by atoms with van der Waals surface area (Å²) in [6, 6.07) is 3.16. The summed E-state index contributed by atoms with van der Waals surface area (Å²) in [7, 11) is 2.39. The average molecular weight is 373 g/mol. The number of amides is 2. The first-order valence-corrected chi connectivity index (χ1v) is 7.75. The monoisotopic (exact) mass is 373 g/mol. The van der Waals surface area contributed by atoms with E-state index in [0.29, 0.717) is 0 Å². The predicted octanol–water partition coefficient (Wildman–Crippen LogP) is 0.373. The van der Waals surface area contributed by atoms with Gasteiger partial charge in [0.15, 0.2) is 0 Å². The van der Waals surface area contributed by atoms with Gasteiger partial charge in [-0.1, -0.05) is 0 Å². The van der Waals surface area contributed by atoms with E-state index in [-0.39, 0.29) is 29.2 Å². The Morgan fingerprint density at radius 1 is 1.15 bits per heavy atom. The summed E-state index contributed by atoms with van der Waals surface area (Å²) in [6.07, 6.45) is 1.06. The van der Waals surface area contributed by atoms with Crippen molar-refractivity contribution in [3.05, 3.63) is 35.7 Å². The Morgan fingerprint density at radius 2 is 1.78 bits per heavy atom. The molecular weight excluding hydrogens is 358 g/mol. The zero-order chi connectivity index (χ0) is 19.6. The van der Waals surface area contributed by atoms with Crippen molar-refractivity contribution in [2.24, 2.45) is 0 Å². The molecule has 140 valence electrons. The SMILES string of the molecule is COC(=O)c1cc(NC(=O)C[C@H]2C(=O)Nc3ncnn32)cc(C(=O)OC)c1. The van der Waals surface area contributed by atoms with Crippen molar-refractivity contribution >= 4 is 35.4 Å². The van der Waals surface area contributed by atoms with E-state index in [1.165, 1.54) is 43.4 Å². The normalized spacial score (nSPS) is 14.9. The van der Waals surface area contributed by atoms with Gasteiger partial charge in [0.05, 0.1) is 31.8 Å². The van der Waals surface area contributed by atoms with Gasteiger partial charge in [-0.3, -0.25) is 14.9 Å². The topological polar surface area (TPSA) is 142 Å². The van der Waals surface area contributed by atoms with Gasteiger partial charge in [-0.2, -0.15) is 10.1 Å². The van der Waals surface area contributed by atoms with E-state index in [2.05, 4.69) is 30.2 Å². The van der Waals surface area contributed by atoms with E-state index in [9.17, 15) is 19.2 Å². The second-order valence-corrected chi connectivity index (χ2v) is 5.57. The number of nitrogens with one attached hydrogen (secondary N) is 2. The van der Waals surface area contributed by atoms with Gasteiger partial charge in [-0.05, 0) is 18.2 Å². The predicted molar refractivity (Wildman–Crippen MR) is 90.1 cm³/mol. The van der Waals surface area contributed by atoms with Crippen molar-refractivity contribution in [2.75, 3.05) is 24.9 Å². The van der Waals surface area contributed by atoms with Crippen LogP contribution in [0.4, 0.5) is 11.6 Å². The Kier molecular flexibility index (Phi) is 4.83. The number of benzene rings is 1. The smallest absolute Gasteiger partial charge is 0.337 e. The zero-order valence-corrected chi connectivity index (χ0v) is 14.4. The zero-order valence-electron chi connectivity index (χ0n) is 14.4. The van der Waals surface area contributed by atoms with Crippen molar-refractivity contribution in [3.8, 4) is 0 Å². The van der Waals surface area contributed by atoms with Gasteiger partial charge < -0.3 is 14.8 Å². The maximum absolute atomic E-state index is 12.4. The molecule has 0 fully saturated rings. The number of nitrogens with zero attached hydrogens (tertiary/aromatic N) is 3. The molecule has 1 aromatic heterocycles. The van der Waals surface area contributed by atoms with Crippen LogP contribution in [0, 0.1) is 0 Å². The first-order chi connectivity index (χ1) is 12.9. The van der Waals surface area contributed by atoms with Gasteiger partial charge in [-0.15, -0.1) is 0 Å². The molecule has 3 rings (SSSR count). The Labute approximate surface area is 152 Å². The fourth-order valence-electron chi connectivity index (χ4n) is 2.61. The fraction of sp³-hybridized carbons (Fsp3) is 0.250. The first kappa shape index (κ1) is 18.0. The molecule has 11 nitrogen and oxygen atoms in total. The Morgan fingerprint density at radius 3 is 2.37 bits per heavy atom. The van der Waals surface area contributed by atoms with Crippen molar-refractivity contribution in [3.63, 3.8) is 0 Å². The summed E-state index contributed by atoms with van der Waals surface area (Å²) in [5.74, 6) is -2.02. The summed E-state index contributed by atoms with van der Waals surface area (Å²) < 4.78 is 10.6. The van der Waals surface area contributed by atoms with Crippen LogP contribution in [0.3, 0.4) is 0 Å². The number of anilines is 2. The van der Waals surface area contributed by atoms with Crippen LogP contribution in [-0.2, 0) is 19.1 Å². The van der Waals surface area contributed by atoms with Crippen LogP contribution in [0.2, 0.25) is 0 Å². The van der Waals surface area contributed by atoms with Crippen LogP contribution in [0.15, 0.2) is 24.5 Å². The lowest BCUT2D eigenvalue weighted by molar-refractivity contribution is -0.123. The third-order valence-electron chi connectivity index (χ3n) is 3.84. The van der Waals surface area contributed by atoms with Gasteiger partial charge in [0.25, 0.3) is 5.91 Å². The summed E-state index contributed by atoms with van der Waals surface area (Å²) in [6.45, 7) is 0. The van der Waals surface area contributed by atoms with Gasteiger partial charge in [0.2, 0.25) is 11.9 Å². The van der Waals surface area contributed by atoms with Crippen LogP contribution < -0.4 is 10.6 Å². The summed E-state index contributed by atoms with van der Waals surface area (Å²) in [5.41, 5.74) is 0.307. The maximum Gasteiger partial charge on any atom is 0.337 e. The highest BCUT2D eigenvalue weighted by molar-refractivity contribution is 6.02. The number of hydrogen-bond acceptors (Lipinski definition) is 8. The Balaban J connectivity index is 1.80. The van der Waals surface area contributed by atoms with Crippen LogP contribution in [-0.4, -0.2) is 52.7 Å². The molecule has 11 heteroatoms. The minimum absolute atomic E-state index is 0.0628. The number of carbonyl (C=O) groups is 4. The van der Waals surface area contributed by atoms with E-state index in [1.807, 2.05) is 0 Å². The molecule has 2 N–H and O–H groups in total. The van der Waals surface area contributed by atoms with Crippen molar-refractivity contribution < 1.29 is 28.7 Å². The molecule has 0 bridgehead atoms. The van der Waals surface area contributed by atoms with Gasteiger partial charge in [-0.25, -0.2) is 14.3 Å². The van der Waals surface area contributed by atoms with Gasteiger partial charge in [0, 0.05) is 5.69 Å². The highest BCUT2D eigenvalue weighted by Crippen LogP contribution is 2.24. The number of ether oxygens (including phenoxy) is 2. The third-order valence-corrected chi connectivity index (χ3v) is 3.84. The van der Waals surface area contributed by atoms with E-state index in [0.717, 1.165) is 0 Å². The number of methoxy groups -OCH3 is 2.